The van der Waals surface area contributed by atoms with Crippen LogP contribution in [0.3, 0.4) is 0 Å². The van der Waals surface area contributed by atoms with Crippen LogP contribution in [0.25, 0.3) is 10.9 Å². The van der Waals surface area contributed by atoms with Gasteiger partial charge in [0.2, 0.25) is 0 Å². The molecule has 15 heavy (non-hydrogen) atoms. The minimum Gasteiger partial charge on any atom is -0.462 e. The lowest BCUT2D eigenvalue weighted by atomic mass is 10.1. The summed E-state index contributed by atoms with van der Waals surface area (Å²) in [4.78, 5) is 14.2. The van der Waals surface area contributed by atoms with Crippen molar-refractivity contribution in [2.24, 2.45) is 0 Å². The number of rotatable bonds is 2. The number of aromatic nitrogens is 1. The molecule has 78 valence electrons. The Hall–Kier alpha value is -1.84. The topological polar surface area (TPSA) is 42.1 Å². The monoisotopic (exact) mass is 207 g/mol. The van der Waals surface area contributed by atoms with Gasteiger partial charge in [-0.15, -0.1) is 0 Å². The van der Waals surface area contributed by atoms with Crippen molar-refractivity contribution >= 4 is 16.9 Å². The summed E-state index contributed by atoms with van der Waals surface area (Å²) in [7, 11) is 0. The van der Waals surface area contributed by atoms with E-state index in [2.05, 4.69) is 4.98 Å². The molecule has 1 aromatic carbocycles. The molecule has 0 fully saturated rings. The van der Waals surface area contributed by atoms with Crippen molar-refractivity contribution < 1.29 is 13.9 Å². The lowest BCUT2D eigenvalue weighted by Crippen LogP contribution is -2.07. The predicted octanol–water partition coefficient (Wildman–Crippen LogP) is 2.48. The molecule has 1 aromatic heterocycles. The molecule has 2 rings (SSSR count). The Kier molecular flexibility index (Phi) is 2.41. The maximum absolute atomic E-state index is 13.8. The number of ether oxygens (including phenoxy) is 1. The van der Waals surface area contributed by atoms with Crippen LogP contribution in [0, 0.1) is 5.82 Å². The lowest BCUT2D eigenvalue weighted by Gasteiger charge is -2.03. The Morgan fingerprint density at radius 2 is 2.27 bits per heavy atom. The van der Waals surface area contributed by atoms with Gasteiger partial charge in [-0.1, -0.05) is 0 Å². The predicted molar refractivity (Wildman–Crippen MR) is 54.2 cm³/mol. The molecule has 4 heteroatoms. The van der Waals surface area contributed by atoms with Crippen LogP contribution in [0.15, 0.2) is 24.4 Å². The zero-order valence-electron chi connectivity index (χ0n) is 8.21. The number of hydrogen-bond donors (Lipinski definition) is 1. The second-order valence-corrected chi connectivity index (χ2v) is 3.09. The van der Waals surface area contributed by atoms with Gasteiger partial charge in [-0.2, -0.15) is 0 Å². The molecule has 0 aliphatic carbocycles. The zero-order chi connectivity index (χ0) is 10.8. The quantitative estimate of drug-likeness (QED) is 0.768. The van der Waals surface area contributed by atoms with Gasteiger partial charge in [0.25, 0.3) is 0 Å². The third-order valence-corrected chi connectivity index (χ3v) is 2.16. The zero-order valence-corrected chi connectivity index (χ0v) is 8.21. The number of fused-ring (bicyclic) bond motifs is 1. The molecule has 1 N–H and O–H groups in total. The van der Waals surface area contributed by atoms with Crippen molar-refractivity contribution in [3.63, 3.8) is 0 Å². The summed E-state index contributed by atoms with van der Waals surface area (Å²) >= 11 is 0. The second kappa shape index (κ2) is 3.73. The van der Waals surface area contributed by atoms with Gasteiger partial charge in [0, 0.05) is 17.1 Å². The number of halogens is 1. The average Bonchev–Trinajstić information content (AvgIpc) is 2.67. The summed E-state index contributed by atoms with van der Waals surface area (Å²) in [6.45, 7) is 1.92. The molecule has 0 amide bonds. The number of aromatic amines is 1. The van der Waals surface area contributed by atoms with Gasteiger partial charge >= 0.3 is 5.97 Å². The number of nitrogens with one attached hydrogen (secondary N) is 1. The van der Waals surface area contributed by atoms with Crippen LogP contribution < -0.4 is 0 Å². The number of carbonyl (C=O) groups excluding carboxylic acids is 1. The van der Waals surface area contributed by atoms with Crippen molar-refractivity contribution in [3.8, 4) is 0 Å². The van der Waals surface area contributed by atoms with E-state index in [1.807, 2.05) is 0 Å². The van der Waals surface area contributed by atoms with E-state index in [-0.39, 0.29) is 12.2 Å². The molecule has 0 aliphatic heterocycles. The Labute approximate surface area is 85.9 Å². The van der Waals surface area contributed by atoms with Gasteiger partial charge < -0.3 is 9.72 Å². The van der Waals surface area contributed by atoms with E-state index in [0.717, 1.165) is 0 Å². The fraction of sp³-hybridized carbons (Fsp3) is 0.182. The summed E-state index contributed by atoms with van der Waals surface area (Å²) in [5.41, 5.74) is 0.643. The summed E-state index contributed by atoms with van der Waals surface area (Å²) in [5.74, 6) is -1.16. The highest BCUT2D eigenvalue weighted by Crippen LogP contribution is 2.20. The van der Waals surface area contributed by atoms with Crippen LogP contribution in [0.5, 0.6) is 0 Å². The van der Waals surface area contributed by atoms with Crippen LogP contribution in [0.1, 0.15) is 17.3 Å². The van der Waals surface area contributed by atoms with Crippen molar-refractivity contribution in [2.45, 2.75) is 6.92 Å². The summed E-state index contributed by atoms with van der Waals surface area (Å²) in [6.07, 6.45) is 1.63. The van der Waals surface area contributed by atoms with Crippen LogP contribution >= 0.6 is 0 Å². The van der Waals surface area contributed by atoms with Crippen molar-refractivity contribution in [1.29, 1.82) is 0 Å². The van der Waals surface area contributed by atoms with E-state index in [1.165, 1.54) is 6.07 Å². The van der Waals surface area contributed by atoms with Crippen LogP contribution in [-0.4, -0.2) is 17.6 Å². The average molecular weight is 207 g/mol. The molecule has 0 atom stereocenters. The Balaban J connectivity index is 2.52. The normalized spacial score (nSPS) is 10.5. The Morgan fingerprint density at radius 1 is 1.47 bits per heavy atom. The molecule has 0 spiro atoms. The van der Waals surface area contributed by atoms with E-state index in [4.69, 9.17) is 4.74 Å². The fourth-order valence-corrected chi connectivity index (χ4v) is 1.46. The van der Waals surface area contributed by atoms with Gasteiger partial charge in [-0.25, -0.2) is 9.18 Å². The first-order chi connectivity index (χ1) is 7.24. The fourth-order valence-electron chi connectivity index (χ4n) is 1.46. The summed E-state index contributed by atoms with van der Waals surface area (Å²) < 4.78 is 18.5. The minimum absolute atomic E-state index is 0.0241. The third kappa shape index (κ3) is 1.58. The lowest BCUT2D eigenvalue weighted by molar-refractivity contribution is 0.0521. The maximum Gasteiger partial charge on any atom is 0.341 e. The minimum atomic E-state index is -0.627. The number of hydrogen-bond acceptors (Lipinski definition) is 2. The first-order valence-electron chi connectivity index (χ1n) is 4.66. The van der Waals surface area contributed by atoms with E-state index in [9.17, 15) is 9.18 Å². The van der Waals surface area contributed by atoms with Gasteiger partial charge in [0.15, 0.2) is 0 Å². The van der Waals surface area contributed by atoms with Crippen molar-refractivity contribution in [2.75, 3.05) is 6.61 Å². The molecule has 0 radical (unpaired) electrons. The highest BCUT2D eigenvalue weighted by Gasteiger charge is 2.15. The first-order valence-corrected chi connectivity index (χ1v) is 4.66. The molecule has 0 saturated heterocycles. The highest BCUT2D eigenvalue weighted by atomic mass is 19.1. The Morgan fingerprint density at radius 3 is 3.00 bits per heavy atom. The van der Waals surface area contributed by atoms with Crippen molar-refractivity contribution in [3.05, 3.63) is 35.8 Å². The highest BCUT2D eigenvalue weighted by molar-refractivity contribution is 5.95. The first kappa shape index (κ1) is 9.71. The van der Waals surface area contributed by atoms with Gasteiger partial charge in [0.05, 0.1) is 12.2 Å². The standard InChI is InChI=1S/C11H10FNO2/c1-2-15-11(14)8-3-4-9-7(10(8)12)5-6-13-9/h3-6,13H,2H2,1H3. The summed E-state index contributed by atoms with van der Waals surface area (Å²) in [5, 5.41) is 0.403. The second-order valence-electron chi connectivity index (χ2n) is 3.09. The van der Waals surface area contributed by atoms with Gasteiger partial charge in [0.1, 0.15) is 5.82 Å². The SMILES string of the molecule is CCOC(=O)c1ccc2[nH]ccc2c1F. The van der Waals surface area contributed by atoms with E-state index in [1.54, 1.807) is 25.3 Å². The molecule has 2 aromatic rings. The van der Waals surface area contributed by atoms with Crippen LogP contribution in [0.4, 0.5) is 4.39 Å². The maximum atomic E-state index is 13.8. The van der Waals surface area contributed by atoms with Gasteiger partial charge in [-0.05, 0) is 25.1 Å². The van der Waals surface area contributed by atoms with Crippen molar-refractivity contribution in [1.82, 2.24) is 4.98 Å². The number of benzene rings is 1. The van der Waals surface area contributed by atoms with E-state index < -0.39 is 11.8 Å². The Bertz CT molecular complexity index is 504. The molecular weight excluding hydrogens is 197 g/mol. The molecule has 0 saturated carbocycles. The number of carbonyl (C=O) groups is 1. The third-order valence-electron chi connectivity index (χ3n) is 2.16. The van der Waals surface area contributed by atoms with Gasteiger partial charge in [-0.3, -0.25) is 0 Å². The van der Waals surface area contributed by atoms with E-state index in [0.29, 0.717) is 10.9 Å². The number of esters is 1. The molecule has 1 heterocycles. The van der Waals surface area contributed by atoms with Crippen LogP contribution in [-0.2, 0) is 4.74 Å². The molecule has 0 unspecified atom stereocenters. The molecule has 0 bridgehead atoms. The molecule has 0 aliphatic rings. The molecule has 3 nitrogen and oxygen atoms in total. The largest absolute Gasteiger partial charge is 0.462 e. The molecular formula is C11H10FNO2. The summed E-state index contributed by atoms with van der Waals surface area (Å²) in [6, 6.07) is 4.67. The van der Waals surface area contributed by atoms with E-state index >= 15 is 0 Å². The number of H-pyrrole nitrogens is 1. The smallest absolute Gasteiger partial charge is 0.341 e. The van der Waals surface area contributed by atoms with Crippen LogP contribution in [0.2, 0.25) is 0 Å².